The SMILES string of the molecule is O=C(Nc1ccccc1-c1ccn[nH]1)c1cc2ccccc2nc1N1CCCCC1. The molecule has 1 aliphatic heterocycles. The van der Waals surface area contributed by atoms with Crippen LogP contribution in [0.4, 0.5) is 11.5 Å². The number of piperidine rings is 1. The number of fused-ring (bicyclic) bond motifs is 1. The van der Waals surface area contributed by atoms with Crippen LogP contribution in [0.25, 0.3) is 22.2 Å². The van der Waals surface area contributed by atoms with Gasteiger partial charge in [-0.3, -0.25) is 9.89 Å². The number of aromatic amines is 1. The molecule has 4 aromatic rings. The number of nitrogens with zero attached hydrogens (tertiary/aromatic N) is 3. The molecular formula is C24H23N5O. The van der Waals surface area contributed by atoms with Gasteiger partial charge in [-0.1, -0.05) is 36.4 Å². The Balaban J connectivity index is 1.55. The molecule has 2 aromatic heterocycles. The Bertz CT molecular complexity index is 1180. The van der Waals surface area contributed by atoms with Crippen LogP contribution in [0.15, 0.2) is 66.9 Å². The summed E-state index contributed by atoms with van der Waals surface area (Å²) in [6, 6.07) is 19.5. The summed E-state index contributed by atoms with van der Waals surface area (Å²) >= 11 is 0. The largest absolute Gasteiger partial charge is 0.356 e. The van der Waals surface area contributed by atoms with Crippen molar-refractivity contribution in [1.82, 2.24) is 15.2 Å². The highest BCUT2D eigenvalue weighted by Crippen LogP contribution is 2.30. The number of para-hydroxylation sites is 2. The third-order valence-electron chi connectivity index (χ3n) is 5.57. The smallest absolute Gasteiger partial charge is 0.259 e. The van der Waals surface area contributed by atoms with Gasteiger partial charge in [0.1, 0.15) is 5.82 Å². The number of H-pyrrole nitrogens is 1. The number of nitrogens with one attached hydrogen (secondary N) is 2. The molecule has 0 bridgehead atoms. The third-order valence-corrected chi connectivity index (χ3v) is 5.57. The Morgan fingerprint density at radius 2 is 1.77 bits per heavy atom. The van der Waals surface area contributed by atoms with E-state index < -0.39 is 0 Å². The molecule has 5 rings (SSSR count). The lowest BCUT2D eigenvalue weighted by Gasteiger charge is -2.29. The van der Waals surface area contributed by atoms with Crippen molar-refractivity contribution in [3.8, 4) is 11.3 Å². The van der Waals surface area contributed by atoms with Gasteiger partial charge in [0.05, 0.1) is 22.5 Å². The van der Waals surface area contributed by atoms with Crippen molar-refractivity contribution in [2.24, 2.45) is 0 Å². The second-order valence-corrected chi connectivity index (χ2v) is 7.57. The minimum Gasteiger partial charge on any atom is -0.356 e. The number of carbonyl (C=O) groups is 1. The molecule has 1 saturated heterocycles. The van der Waals surface area contributed by atoms with Crippen LogP contribution in [0.1, 0.15) is 29.6 Å². The Labute approximate surface area is 174 Å². The molecule has 0 spiro atoms. The standard InChI is InChI=1S/C24H23N5O/c30-24(27-21-11-5-3-9-18(21)22-12-13-25-28-22)19-16-17-8-2-4-10-20(17)26-23(19)29-14-6-1-7-15-29/h2-5,8-13,16H,1,6-7,14-15H2,(H,25,28)(H,27,30). The summed E-state index contributed by atoms with van der Waals surface area (Å²) in [5, 5.41) is 11.1. The van der Waals surface area contributed by atoms with Crippen molar-refractivity contribution < 1.29 is 4.79 Å². The summed E-state index contributed by atoms with van der Waals surface area (Å²) in [7, 11) is 0. The van der Waals surface area contributed by atoms with E-state index in [2.05, 4.69) is 20.4 Å². The van der Waals surface area contributed by atoms with Crippen LogP contribution in [0.2, 0.25) is 0 Å². The third kappa shape index (κ3) is 3.52. The topological polar surface area (TPSA) is 73.9 Å². The van der Waals surface area contributed by atoms with Gasteiger partial charge in [0.25, 0.3) is 5.91 Å². The predicted octanol–water partition coefficient (Wildman–Crippen LogP) is 4.87. The highest BCUT2D eigenvalue weighted by Gasteiger charge is 2.22. The molecule has 1 fully saturated rings. The van der Waals surface area contributed by atoms with E-state index in [-0.39, 0.29) is 5.91 Å². The second-order valence-electron chi connectivity index (χ2n) is 7.57. The van der Waals surface area contributed by atoms with Gasteiger partial charge in [-0.15, -0.1) is 0 Å². The second kappa shape index (κ2) is 7.99. The summed E-state index contributed by atoms with van der Waals surface area (Å²) < 4.78 is 0. The maximum atomic E-state index is 13.4. The van der Waals surface area contributed by atoms with Crippen molar-refractivity contribution in [3.63, 3.8) is 0 Å². The number of anilines is 2. The molecule has 0 radical (unpaired) electrons. The zero-order valence-electron chi connectivity index (χ0n) is 16.6. The van der Waals surface area contributed by atoms with Gasteiger partial charge in [0, 0.05) is 30.2 Å². The summed E-state index contributed by atoms with van der Waals surface area (Å²) in [5.74, 6) is 0.616. The number of carbonyl (C=O) groups excluding carboxylic acids is 1. The van der Waals surface area contributed by atoms with Gasteiger partial charge in [-0.2, -0.15) is 5.10 Å². The van der Waals surface area contributed by atoms with Crippen molar-refractivity contribution in [1.29, 1.82) is 0 Å². The highest BCUT2D eigenvalue weighted by molar-refractivity contribution is 6.10. The molecule has 3 heterocycles. The van der Waals surface area contributed by atoms with Crippen molar-refractivity contribution in [2.45, 2.75) is 19.3 Å². The first kappa shape index (κ1) is 18.4. The fourth-order valence-electron chi connectivity index (χ4n) is 4.04. The fourth-order valence-corrected chi connectivity index (χ4v) is 4.04. The average Bonchev–Trinajstić information content (AvgIpc) is 3.34. The lowest BCUT2D eigenvalue weighted by Crippen LogP contribution is -2.32. The van der Waals surface area contributed by atoms with Gasteiger partial charge in [0.2, 0.25) is 0 Å². The van der Waals surface area contributed by atoms with E-state index in [1.54, 1.807) is 6.20 Å². The molecule has 1 amide bonds. The molecule has 2 N–H and O–H groups in total. The first-order chi connectivity index (χ1) is 14.8. The molecule has 0 aliphatic carbocycles. The summed E-state index contributed by atoms with van der Waals surface area (Å²) in [5.41, 5.74) is 4.02. The van der Waals surface area contributed by atoms with Crippen LogP contribution >= 0.6 is 0 Å². The number of pyridine rings is 1. The van der Waals surface area contributed by atoms with E-state index in [0.29, 0.717) is 5.56 Å². The normalized spacial score (nSPS) is 14.1. The minimum atomic E-state index is -0.152. The maximum absolute atomic E-state index is 13.4. The van der Waals surface area contributed by atoms with E-state index in [4.69, 9.17) is 4.98 Å². The Kier molecular flexibility index (Phi) is 4.89. The van der Waals surface area contributed by atoms with E-state index in [1.807, 2.05) is 60.7 Å². The number of hydrogen-bond donors (Lipinski definition) is 2. The molecule has 6 nitrogen and oxygen atoms in total. The van der Waals surface area contributed by atoms with E-state index in [1.165, 1.54) is 6.42 Å². The summed E-state index contributed by atoms with van der Waals surface area (Å²) in [6.45, 7) is 1.85. The zero-order valence-corrected chi connectivity index (χ0v) is 16.6. The van der Waals surface area contributed by atoms with Crippen molar-refractivity contribution in [2.75, 3.05) is 23.3 Å². The molecule has 2 aromatic carbocycles. The number of hydrogen-bond acceptors (Lipinski definition) is 4. The lowest BCUT2D eigenvalue weighted by molar-refractivity contribution is 0.102. The Morgan fingerprint density at radius 3 is 2.60 bits per heavy atom. The lowest BCUT2D eigenvalue weighted by atomic mass is 10.1. The van der Waals surface area contributed by atoms with Gasteiger partial charge in [0.15, 0.2) is 0 Å². The van der Waals surface area contributed by atoms with Crippen molar-refractivity contribution in [3.05, 3.63) is 72.4 Å². The fraction of sp³-hybridized carbons (Fsp3) is 0.208. The van der Waals surface area contributed by atoms with Crippen LogP contribution in [-0.4, -0.2) is 34.2 Å². The molecule has 0 unspecified atom stereocenters. The van der Waals surface area contributed by atoms with Crippen LogP contribution in [-0.2, 0) is 0 Å². The highest BCUT2D eigenvalue weighted by atomic mass is 16.1. The predicted molar refractivity (Wildman–Crippen MR) is 120 cm³/mol. The van der Waals surface area contributed by atoms with Gasteiger partial charge in [-0.25, -0.2) is 4.98 Å². The Morgan fingerprint density at radius 1 is 0.967 bits per heavy atom. The van der Waals surface area contributed by atoms with Crippen LogP contribution in [0.3, 0.4) is 0 Å². The van der Waals surface area contributed by atoms with Crippen LogP contribution < -0.4 is 10.2 Å². The van der Waals surface area contributed by atoms with E-state index in [0.717, 1.165) is 59.6 Å². The van der Waals surface area contributed by atoms with Crippen molar-refractivity contribution >= 4 is 28.3 Å². The summed E-state index contributed by atoms with van der Waals surface area (Å²) in [6.07, 6.45) is 5.18. The molecule has 150 valence electrons. The number of amides is 1. The maximum Gasteiger partial charge on any atom is 0.259 e. The number of benzene rings is 2. The molecule has 30 heavy (non-hydrogen) atoms. The van der Waals surface area contributed by atoms with E-state index in [9.17, 15) is 4.79 Å². The van der Waals surface area contributed by atoms with E-state index >= 15 is 0 Å². The quantitative estimate of drug-likeness (QED) is 0.515. The molecule has 0 atom stereocenters. The molecule has 6 heteroatoms. The van der Waals surface area contributed by atoms with Gasteiger partial charge in [-0.05, 0) is 43.5 Å². The monoisotopic (exact) mass is 397 g/mol. The molecular weight excluding hydrogens is 374 g/mol. The first-order valence-electron chi connectivity index (χ1n) is 10.3. The van der Waals surface area contributed by atoms with Crippen LogP contribution in [0, 0.1) is 0 Å². The zero-order chi connectivity index (χ0) is 20.3. The van der Waals surface area contributed by atoms with Gasteiger partial charge < -0.3 is 10.2 Å². The first-order valence-corrected chi connectivity index (χ1v) is 10.3. The minimum absolute atomic E-state index is 0.152. The Hall–Kier alpha value is -3.67. The van der Waals surface area contributed by atoms with Crippen LogP contribution in [0.5, 0.6) is 0 Å². The number of rotatable bonds is 4. The molecule has 0 saturated carbocycles. The molecule has 1 aliphatic rings. The van der Waals surface area contributed by atoms with Gasteiger partial charge >= 0.3 is 0 Å². The number of aromatic nitrogens is 3. The summed E-state index contributed by atoms with van der Waals surface area (Å²) in [4.78, 5) is 20.6. The average molecular weight is 397 g/mol.